The Bertz CT molecular complexity index is 1420. The second kappa shape index (κ2) is 9.47. The normalized spacial score (nSPS) is 15.9. The molecule has 0 aliphatic carbocycles. The van der Waals surface area contributed by atoms with E-state index in [1.807, 2.05) is 30.3 Å². The molecule has 176 valence electrons. The lowest BCUT2D eigenvalue weighted by Crippen LogP contribution is -2.45. The summed E-state index contributed by atoms with van der Waals surface area (Å²) in [4.78, 5) is 6.92. The van der Waals surface area contributed by atoms with Crippen LogP contribution >= 0.6 is 12.2 Å². The first-order chi connectivity index (χ1) is 16.9. The molecule has 3 aromatic carbocycles. The Morgan fingerprint density at radius 1 is 0.914 bits per heavy atom. The molecular formula is C29H28N4OS. The van der Waals surface area contributed by atoms with Crippen LogP contribution in [0.3, 0.4) is 0 Å². The zero-order valence-corrected chi connectivity index (χ0v) is 21.2. The monoisotopic (exact) mass is 480 g/mol. The Morgan fingerprint density at radius 2 is 1.71 bits per heavy atom. The van der Waals surface area contributed by atoms with Gasteiger partial charge in [0.2, 0.25) is 5.82 Å². The average Bonchev–Trinajstić information content (AvgIpc) is 3.33. The number of aromatic nitrogens is 2. The molecule has 0 spiro atoms. The van der Waals surface area contributed by atoms with E-state index in [1.54, 1.807) is 0 Å². The number of nitrogens with one attached hydrogen (secondary N) is 1. The molecule has 0 fully saturated rings. The Kier molecular flexibility index (Phi) is 6.22. The standard InChI is InChI=1S/C29H28N4OS/c1-18-9-8-10-22(15-18)17-33-21(4)25(28-31-27(32-34-28)23-11-6-5-7-12-23)26(30-29(33)35)24-14-13-19(2)20(3)16-24/h5-16,26H,17H2,1-4H3,(H,30,35). The molecule has 0 bridgehead atoms. The fourth-order valence-electron chi connectivity index (χ4n) is 4.47. The largest absolute Gasteiger partial charge is 0.351 e. The van der Waals surface area contributed by atoms with Crippen LogP contribution in [0.15, 0.2) is 83.0 Å². The molecule has 4 aromatic rings. The first kappa shape index (κ1) is 23.0. The predicted octanol–water partition coefficient (Wildman–Crippen LogP) is 6.52. The van der Waals surface area contributed by atoms with Crippen molar-refractivity contribution in [3.63, 3.8) is 0 Å². The van der Waals surface area contributed by atoms with Crippen molar-refractivity contribution in [1.82, 2.24) is 20.4 Å². The number of nitrogens with zero attached hydrogens (tertiary/aromatic N) is 3. The maximum Gasteiger partial charge on any atom is 0.258 e. The van der Waals surface area contributed by atoms with Crippen LogP contribution in [0, 0.1) is 20.8 Å². The molecule has 0 amide bonds. The molecule has 1 N–H and O–H groups in total. The molecule has 35 heavy (non-hydrogen) atoms. The summed E-state index contributed by atoms with van der Waals surface area (Å²) in [7, 11) is 0. The van der Waals surface area contributed by atoms with E-state index in [9.17, 15) is 0 Å². The van der Waals surface area contributed by atoms with E-state index < -0.39 is 0 Å². The fraction of sp³-hybridized carbons (Fsp3) is 0.207. The van der Waals surface area contributed by atoms with Crippen LogP contribution in [0.1, 0.15) is 46.7 Å². The first-order valence-electron chi connectivity index (χ1n) is 11.7. The number of hydrogen-bond acceptors (Lipinski definition) is 4. The van der Waals surface area contributed by atoms with Gasteiger partial charge in [0.05, 0.1) is 11.6 Å². The molecule has 0 radical (unpaired) electrons. The second-order valence-corrected chi connectivity index (χ2v) is 9.48. The van der Waals surface area contributed by atoms with Gasteiger partial charge in [0.15, 0.2) is 5.11 Å². The highest BCUT2D eigenvalue weighted by molar-refractivity contribution is 7.80. The third-order valence-electron chi connectivity index (χ3n) is 6.57. The van der Waals surface area contributed by atoms with Gasteiger partial charge in [0.1, 0.15) is 0 Å². The SMILES string of the molecule is CC1=C(c2nc(-c3ccccc3)no2)C(c2ccc(C)c(C)c2)NC(=S)N1Cc1cccc(C)c1. The maximum atomic E-state index is 5.87. The van der Waals surface area contributed by atoms with E-state index in [0.29, 0.717) is 23.4 Å². The third kappa shape index (κ3) is 4.62. The number of rotatable bonds is 5. The minimum absolute atomic E-state index is 0.195. The summed E-state index contributed by atoms with van der Waals surface area (Å²) >= 11 is 5.87. The molecule has 1 aliphatic rings. The van der Waals surface area contributed by atoms with Crippen LogP contribution in [0.4, 0.5) is 0 Å². The van der Waals surface area contributed by atoms with Gasteiger partial charge in [-0.1, -0.05) is 83.5 Å². The van der Waals surface area contributed by atoms with Crippen LogP contribution < -0.4 is 5.32 Å². The summed E-state index contributed by atoms with van der Waals surface area (Å²) in [6.45, 7) is 9.08. The third-order valence-corrected chi connectivity index (χ3v) is 6.91. The molecule has 1 atom stereocenters. The van der Waals surface area contributed by atoms with E-state index in [2.05, 4.69) is 85.5 Å². The molecule has 5 nitrogen and oxygen atoms in total. The molecule has 0 saturated carbocycles. The van der Waals surface area contributed by atoms with Gasteiger partial charge in [-0.2, -0.15) is 4.98 Å². The summed E-state index contributed by atoms with van der Waals surface area (Å²) in [6.07, 6.45) is 0. The Balaban J connectivity index is 1.61. The van der Waals surface area contributed by atoms with Gasteiger partial charge >= 0.3 is 0 Å². The molecule has 0 saturated heterocycles. The molecule has 1 aliphatic heterocycles. The average molecular weight is 481 g/mol. The highest BCUT2D eigenvalue weighted by atomic mass is 32.1. The highest BCUT2D eigenvalue weighted by Crippen LogP contribution is 2.38. The number of thiocarbonyl (C=S) groups is 1. The van der Waals surface area contributed by atoms with Gasteiger partial charge < -0.3 is 14.7 Å². The van der Waals surface area contributed by atoms with E-state index in [1.165, 1.54) is 22.3 Å². The molecule has 5 rings (SSSR count). The van der Waals surface area contributed by atoms with Gasteiger partial charge in [-0.25, -0.2) is 0 Å². The van der Waals surface area contributed by atoms with Gasteiger partial charge in [-0.15, -0.1) is 0 Å². The van der Waals surface area contributed by atoms with Gasteiger partial charge in [0.25, 0.3) is 5.89 Å². The van der Waals surface area contributed by atoms with E-state index in [-0.39, 0.29) is 6.04 Å². The Labute approximate surface area is 211 Å². The topological polar surface area (TPSA) is 54.2 Å². The van der Waals surface area contributed by atoms with Crippen molar-refractivity contribution in [2.45, 2.75) is 40.3 Å². The van der Waals surface area contributed by atoms with Crippen LogP contribution in [-0.2, 0) is 6.54 Å². The minimum Gasteiger partial charge on any atom is -0.351 e. The van der Waals surface area contributed by atoms with Crippen molar-refractivity contribution in [1.29, 1.82) is 0 Å². The fourth-order valence-corrected chi connectivity index (χ4v) is 4.79. The van der Waals surface area contributed by atoms with E-state index in [4.69, 9.17) is 21.7 Å². The number of allylic oxidation sites excluding steroid dienone is 1. The Hall–Kier alpha value is -3.77. The summed E-state index contributed by atoms with van der Waals surface area (Å²) in [5.74, 6) is 1.06. The highest BCUT2D eigenvalue weighted by Gasteiger charge is 2.34. The lowest BCUT2D eigenvalue weighted by atomic mass is 9.92. The van der Waals surface area contributed by atoms with Crippen molar-refractivity contribution < 1.29 is 4.52 Å². The molecule has 6 heteroatoms. The number of hydrogen-bond donors (Lipinski definition) is 1. The second-order valence-electron chi connectivity index (χ2n) is 9.09. The van der Waals surface area contributed by atoms with E-state index in [0.717, 1.165) is 22.4 Å². The number of benzene rings is 3. The number of aryl methyl sites for hydroxylation is 3. The van der Waals surface area contributed by atoms with Gasteiger partial charge in [0, 0.05) is 17.8 Å². The molecule has 1 unspecified atom stereocenters. The molecule has 1 aromatic heterocycles. The Morgan fingerprint density at radius 3 is 2.46 bits per heavy atom. The van der Waals surface area contributed by atoms with Gasteiger partial charge in [-0.3, -0.25) is 0 Å². The lowest BCUT2D eigenvalue weighted by Gasteiger charge is -2.37. The van der Waals surface area contributed by atoms with Crippen LogP contribution in [-0.4, -0.2) is 20.2 Å². The van der Waals surface area contributed by atoms with Crippen molar-refractivity contribution in [3.05, 3.63) is 112 Å². The zero-order valence-electron chi connectivity index (χ0n) is 20.4. The predicted molar refractivity (Wildman–Crippen MR) is 143 cm³/mol. The smallest absolute Gasteiger partial charge is 0.258 e. The molecule has 2 heterocycles. The quantitative estimate of drug-likeness (QED) is 0.328. The van der Waals surface area contributed by atoms with Crippen molar-refractivity contribution >= 4 is 22.9 Å². The van der Waals surface area contributed by atoms with Crippen LogP contribution in [0.2, 0.25) is 0 Å². The molecular weight excluding hydrogens is 452 g/mol. The lowest BCUT2D eigenvalue weighted by molar-refractivity contribution is 0.396. The maximum absolute atomic E-state index is 5.87. The van der Waals surface area contributed by atoms with Crippen molar-refractivity contribution in [3.8, 4) is 11.4 Å². The zero-order chi connectivity index (χ0) is 24.5. The minimum atomic E-state index is -0.195. The summed E-state index contributed by atoms with van der Waals surface area (Å²) < 4.78 is 5.86. The summed E-state index contributed by atoms with van der Waals surface area (Å²) in [5.41, 5.74) is 8.85. The van der Waals surface area contributed by atoms with Gasteiger partial charge in [-0.05, 0) is 62.2 Å². The van der Waals surface area contributed by atoms with Crippen molar-refractivity contribution in [2.75, 3.05) is 0 Å². The van der Waals surface area contributed by atoms with Crippen LogP contribution in [0.5, 0.6) is 0 Å². The van der Waals surface area contributed by atoms with E-state index >= 15 is 0 Å². The first-order valence-corrected chi connectivity index (χ1v) is 12.1. The summed E-state index contributed by atoms with van der Waals surface area (Å²) in [5, 5.41) is 8.54. The van der Waals surface area contributed by atoms with Crippen molar-refractivity contribution in [2.24, 2.45) is 0 Å². The summed E-state index contributed by atoms with van der Waals surface area (Å²) in [6, 6.07) is 24.7. The van der Waals surface area contributed by atoms with Crippen LogP contribution in [0.25, 0.3) is 17.0 Å².